The van der Waals surface area contributed by atoms with Gasteiger partial charge in [0.25, 0.3) is 5.91 Å². The third-order valence-electron chi connectivity index (χ3n) is 6.23. The summed E-state index contributed by atoms with van der Waals surface area (Å²) in [6, 6.07) is 16.0. The molecule has 1 amide bonds. The van der Waals surface area contributed by atoms with E-state index in [0.29, 0.717) is 11.3 Å². The molecule has 0 aliphatic heterocycles. The summed E-state index contributed by atoms with van der Waals surface area (Å²) in [6.07, 6.45) is 14.4. The summed E-state index contributed by atoms with van der Waals surface area (Å²) >= 11 is 0. The fourth-order valence-electron chi connectivity index (χ4n) is 4.25. The zero-order valence-electron chi connectivity index (χ0n) is 20.2. The highest BCUT2D eigenvalue weighted by Crippen LogP contribution is 2.20. The Balaban J connectivity index is 1.61. The van der Waals surface area contributed by atoms with E-state index in [9.17, 15) is 13.2 Å². The fourth-order valence-corrected chi connectivity index (χ4v) is 5.14. The summed E-state index contributed by atoms with van der Waals surface area (Å²) in [5.74, 6) is -0.242. The van der Waals surface area contributed by atoms with Gasteiger partial charge in [0.2, 0.25) is 10.0 Å². The van der Waals surface area contributed by atoms with E-state index >= 15 is 0 Å². The topological polar surface area (TPSA) is 78.8 Å². The molecule has 0 bridgehead atoms. The number of nitrogens with one attached hydrogen (secondary N) is 1. The Hall–Kier alpha value is -2.67. The smallest absolute Gasteiger partial charge is 0.267 e. The van der Waals surface area contributed by atoms with E-state index in [2.05, 4.69) is 10.5 Å². The van der Waals surface area contributed by atoms with Crippen LogP contribution >= 0.6 is 0 Å². The number of hydrazone groups is 1. The first-order valence-electron chi connectivity index (χ1n) is 12.4. The molecule has 0 spiro atoms. The lowest BCUT2D eigenvalue weighted by Crippen LogP contribution is -2.29. The number of amides is 1. The number of hydrogen-bond acceptors (Lipinski definition) is 4. The Morgan fingerprint density at radius 3 is 1.88 bits per heavy atom. The summed E-state index contributed by atoms with van der Waals surface area (Å²) in [4.78, 5) is 12.7. The van der Waals surface area contributed by atoms with E-state index in [1.165, 1.54) is 55.5 Å². The molecule has 7 heteroatoms. The summed E-state index contributed by atoms with van der Waals surface area (Å²) in [5.41, 5.74) is 5.73. The van der Waals surface area contributed by atoms with Gasteiger partial charge in [-0.2, -0.15) is 5.10 Å². The SMILES string of the molecule is CS(=O)(=O)N(Cc1ccc(C(=O)NN=C2CCCCCCCCCCC2)cc1)c1ccccc1. The lowest BCUT2D eigenvalue weighted by atomic mass is 10.00. The first-order chi connectivity index (χ1) is 16.4. The Morgan fingerprint density at radius 1 is 0.824 bits per heavy atom. The van der Waals surface area contributed by atoms with Crippen LogP contribution < -0.4 is 9.73 Å². The number of carbonyl (C=O) groups is 1. The van der Waals surface area contributed by atoms with Crippen LogP contribution in [-0.2, 0) is 16.6 Å². The average molecular weight is 484 g/mol. The van der Waals surface area contributed by atoms with Gasteiger partial charge in [-0.3, -0.25) is 9.10 Å². The molecule has 1 aliphatic rings. The highest BCUT2D eigenvalue weighted by Gasteiger charge is 2.18. The van der Waals surface area contributed by atoms with Crippen molar-refractivity contribution >= 4 is 27.3 Å². The predicted molar refractivity (Wildman–Crippen MR) is 140 cm³/mol. The molecular formula is C27H37N3O3S. The van der Waals surface area contributed by atoms with Crippen molar-refractivity contribution in [1.82, 2.24) is 5.43 Å². The standard InChI is InChI=1S/C27H37N3O3S/c1-34(32,33)30(26-16-12-9-13-17-26)22-23-18-20-24(21-19-23)27(31)29-28-25-14-10-7-5-3-2-4-6-8-11-15-25/h9,12-13,16-21H,2-8,10-11,14-15,22H2,1H3,(H,29,31). The average Bonchev–Trinajstić information content (AvgIpc) is 2.82. The lowest BCUT2D eigenvalue weighted by Gasteiger charge is -2.22. The van der Waals surface area contributed by atoms with Crippen LogP contribution in [-0.4, -0.2) is 26.3 Å². The molecule has 34 heavy (non-hydrogen) atoms. The summed E-state index contributed by atoms with van der Waals surface area (Å²) in [5, 5.41) is 4.46. The van der Waals surface area contributed by atoms with Crippen molar-refractivity contribution in [3.05, 3.63) is 65.7 Å². The van der Waals surface area contributed by atoms with Crippen molar-refractivity contribution in [3.8, 4) is 0 Å². The van der Waals surface area contributed by atoms with Gasteiger partial charge in [0, 0.05) is 11.3 Å². The number of carbonyl (C=O) groups excluding carboxylic acids is 1. The maximum atomic E-state index is 12.7. The van der Waals surface area contributed by atoms with Gasteiger partial charge >= 0.3 is 0 Å². The fraction of sp³-hybridized carbons (Fsp3) is 0.481. The molecule has 2 aromatic rings. The van der Waals surface area contributed by atoms with Crippen LogP contribution in [0, 0.1) is 0 Å². The summed E-state index contributed by atoms with van der Waals surface area (Å²) < 4.78 is 26.0. The lowest BCUT2D eigenvalue weighted by molar-refractivity contribution is 0.0954. The molecule has 0 unspecified atom stereocenters. The highest BCUT2D eigenvalue weighted by atomic mass is 32.2. The van der Waals surface area contributed by atoms with Crippen molar-refractivity contribution in [2.24, 2.45) is 5.10 Å². The van der Waals surface area contributed by atoms with Crippen LogP contribution in [0.15, 0.2) is 59.7 Å². The Morgan fingerprint density at radius 2 is 1.35 bits per heavy atom. The van der Waals surface area contributed by atoms with E-state index in [4.69, 9.17) is 0 Å². The number of hydrogen-bond donors (Lipinski definition) is 1. The van der Waals surface area contributed by atoms with Crippen LogP contribution in [0.1, 0.15) is 86.6 Å². The summed E-state index contributed by atoms with van der Waals surface area (Å²) in [6.45, 7) is 0.201. The number of para-hydroxylation sites is 1. The predicted octanol–water partition coefficient (Wildman–Crippen LogP) is 6.04. The van der Waals surface area contributed by atoms with E-state index in [0.717, 1.165) is 37.0 Å². The minimum Gasteiger partial charge on any atom is -0.267 e. The molecule has 0 aromatic heterocycles. The maximum absolute atomic E-state index is 12.7. The number of anilines is 1. The molecule has 3 rings (SSSR count). The Labute approximate surface area is 204 Å². The molecule has 1 N–H and O–H groups in total. The van der Waals surface area contributed by atoms with Gasteiger partial charge < -0.3 is 0 Å². The first-order valence-corrected chi connectivity index (χ1v) is 14.3. The number of benzene rings is 2. The minimum atomic E-state index is -3.44. The largest absolute Gasteiger partial charge is 0.271 e. The number of rotatable bonds is 6. The molecule has 184 valence electrons. The second kappa shape index (κ2) is 13.3. The van der Waals surface area contributed by atoms with Crippen molar-refractivity contribution in [1.29, 1.82) is 0 Å². The van der Waals surface area contributed by atoms with Gasteiger partial charge in [0.1, 0.15) is 0 Å². The molecule has 1 fully saturated rings. The minimum absolute atomic E-state index is 0.201. The molecule has 1 aliphatic carbocycles. The quantitative estimate of drug-likeness (QED) is 0.509. The molecule has 0 radical (unpaired) electrons. The monoisotopic (exact) mass is 483 g/mol. The second-order valence-electron chi connectivity index (χ2n) is 9.10. The molecule has 0 atom stereocenters. The van der Waals surface area contributed by atoms with Crippen LogP contribution in [0.25, 0.3) is 0 Å². The van der Waals surface area contributed by atoms with Crippen molar-refractivity contribution in [3.63, 3.8) is 0 Å². The van der Waals surface area contributed by atoms with E-state index in [1.54, 1.807) is 36.4 Å². The molecule has 1 saturated carbocycles. The van der Waals surface area contributed by atoms with Gasteiger partial charge in [0.15, 0.2) is 0 Å². The zero-order chi connectivity index (χ0) is 24.2. The third kappa shape index (κ3) is 8.60. The van der Waals surface area contributed by atoms with Crippen molar-refractivity contribution in [2.75, 3.05) is 10.6 Å². The molecule has 0 saturated heterocycles. The molecule has 6 nitrogen and oxygen atoms in total. The van der Waals surface area contributed by atoms with Gasteiger partial charge in [-0.1, -0.05) is 75.3 Å². The molecular weight excluding hydrogens is 446 g/mol. The van der Waals surface area contributed by atoms with E-state index in [-0.39, 0.29) is 12.5 Å². The Kier molecular flexibility index (Phi) is 10.1. The normalized spacial score (nSPS) is 16.1. The van der Waals surface area contributed by atoms with E-state index < -0.39 is 10.0 Å². The van der Waals surface area contributed by atoms with Crippen LogP contribution in [0.2, 0.25) is 0 Å². The van der Waals surface area contributed by atoms with Crippen LogP contribution in [0.5, 0.6) is 0 Å². The van der Waals surface area contributed by atoms with Crippen LogP contribution in [0.3, 0.4) is 0 Å². The van der Waals surface area contributed by atoms with Crippen molar-refractivity contribution in [2.45, 2.75) is 77.2 Å². The first kappa shape index (κ1) is 25.9. The van der Waals surface area contributed by atoms with Gasteiger partial charge in [-0.15, -0.1) is 0 Å². The Bertz CT molecular complexity index is 1020. The second-order valence-corrected chi connectivity index (χ2v) is 11.0. The zero-order valence-corrected chi connectivity index (χ0v) is 21.0. The number of sulfonamides is 1. The highest BCUT2D eigenvalue weighted by molar-refractivity contribution is 7.92. The van der Waals surface area contributed by atoms with Gasteiger partial charge in [-0.05, 0) is 55.5 Å². The maximum Gasteiger partial charge on any atom is 0.271 e. The molecule has 0 heterocycles. The third-order valence-corrected chi connectivity index (χ3v) is 7.37. The van der Waals surface area contributed by atoms with Crippen molar-refractivity contribution < 1.29 is 13.2 Å². The van der Waals surface area contributed by atoms with Gasteiger partial charge in [0.05, 0.1) is 18.5 Å². The number of nitrogens with zero attached hydrogens (tertiary/aromatic N) is 2. The van der Waals surface area contributed by atoms with E-state index in [1.807, 2.05) is 18.2 Å². The van der Waals surface area contributed by atoms with Gasteiger partial charge in [-0.25, -0.2) is 13.8 Å². The van der Waals surface area contributed by atoms with Crippen LogP contribution in [0.4, 0.5) is 5.69 Å². The summed E-state index contributed by atoms with van der Waals surface area (Å²) in [7, 11) is -3.44. The molecule has 2 aromatic carbocycles.